The molecule has 2 heterocycles. The Hall–Kier alpha value is -1.54. The van der Waals surface area contributed by atoms with Gasteiger partial charge < -0.3 is 9.47 Å². The van der Waals surface area contributed by atoms with Crippen LogP contribution >= 0.6 is 0 Å². The Labute approximate surface area is 146 Å². The molecule has 2 aliphatic heterocycles. The smallest absolute Gasteiger partial charge is 0.125 e. The third-order valence-corrected chi connectivity index (χ3v) is 5.69. The molecule has 3 rings (SSSR count). The lowest BCUT2D eigenvalue weighted by atomic mass is 9.71. The van der Waals surface area contributed by atoms with Crippen LogP contribution in [0.4, 0.5) is 0 Å². The van der Waals surface area contributed by atoms with Gasteiger partial charge in [0, 0.05) is 11.5 Å². The predicted molar refractivity (Wildman–Crippen MR) is 99.3 cm³/mol. The first kappa shape index (κ1) is 17.3. The number of ether oxygens (including phenoxy) is 2. The first-order chi connectivity index (χ1) is 11.4. The topological polar surface area (TPSA) is 18.5 Å². The van der Waals surface area contributed by atoms with E-state index in [0.717, 1.165) is 31.4 Å². The number of allylic oxidation sites excluding steroid dienone is 2. The summed E-state index contributed by atoms with van der Waals surface area (Å²) >= 11 is 0. The molecule has 0 saturated carbocycles. The maximum absolute atomic E-state index is 6.56. The van der Waals surface area contributed by atoms with Crippen molar-refractivity contribution in [2.75, 3.05) is 0 Å². The van der Waals surface area contributed by atoms with Crippen LogP contribution in [0.3, 0.4) is 0 Å². The zero-order valence-corrected chi connectivity index (χ0v) is 15.5. The number of benzene rings is 1. The Balaban J connectivity index is 1.94. The monoisotopic (exact) mass is 326 g/mol. The van der Waals surface area contributed by atoms with E-state index < -0.39 is 0 Å². The second-order valence-electron chi connectivity index (χ2n) is 7.97. The lowest BCUT2D eigenvalue weighted by Gasteiger charge is -2.52. The van der Waals surface area contributed by atoms with Gasteiger partial charge in [-0.05, 0) is 59.4 Å². The molecule has 0 aliphatic carbocycles. The fraction of sp³-hybridized carbons (Fsp3) is 0.545. The van der Waals surface area contributed by atoms with Crippen LogP contribution in [0.15, 0.2) is 48.6 Å². The van der Waals surface area contributed by atoms with E-state index in [0.29, 0.717) is 5.92 Å². The van der Waals surface area contributed by atoms with Crippen molar-refractivity contribution in [1.29, 1.82) is 0 Å². The minimum Gasteiger partial charge on any atom is -0.487 e. The van der Waals surface area contributed by atoms with E-state index in [2.05, 4.69) is 58.5 Å². The summed E-state index contributed by atoms with van der Waals surface area (Å²) in [5.41, 5.74) is 2.13. The molecule has 0 aromatic heterocycles. The predicted octanol–water partition coefficient (Wildman–Crippen LogP) is 6.00. The maximum atomic E-state index is 6.56. The van der Waals surface area contributed by atoms with Crippen molar-refractivity contribution >= 4 is 0 Å². The molecule has 1 fully saturated rings. The van der Waals surface area contributed by atoms with Crippen molar-refractivity contribution in [3.63, 3.8) is 0 Å². The van der Waals surface area contributed by atoms with Gasteiger partial charge in [-0.15, -0.1) is 6.58 Å². The highest BCUT2D eigenvalue weighted by atomic mass is 16.5. The Kier molecular flexibility index (Phi) is 4.61. The van der Waals surface area contributed by atoms with E-state index in [-0.39, 0.29) is 17.3 Å². The van der Waals surface area contributed by atoms with Gasteiger partial charge >= 0.3 is 0 Å². The van der Waals surface area contributed by atoms with Crippen molar-refractivity contribution in [2.24, 2.45) is 5.92 Å². The number of para-hydroxylation sites is 1. The molecule has 0 N–H and O–H groups in total. The van der Waals surface area contributed by atoms with Crippen LogP contribution in [-0.2, 0) is 4.74 Å². The van der Waals surface area contributed by atoms with Gasteiger partial charge in [-0.1, -0.05) is 35.9 Å². The molecule has 130 valence electrons. The molecule has 4 atom stereocenters. The Morgan fingerprint density at radius 1 is 1.29 bits per heavy atom. The normalized spacial score (nSPS) is 34.5. The summed E-state index contributed by atoms with van der Waals surface area (Å²) in [7, 11) is 0. The van der Waals surface area contributed by atoms with Crippen molar-refractivity contribution in [1.82, 2.24) is 0 Å². The SMILES string of the molecule is C=C[C@]1(C)CC[C@@H]2[C@H](O1)c1ccccc1O[C@@]2(C)CCC=C(C)C. The molecule has 0 unspecified atom stereocenters. The van der Waals surface area contributed by atoms with E-state index in [9.17, 15) is 0 Å². The van der Waals surface area contributed by atoms with Gasteiger partial charge in [-0.3, -0.25) is 0 Å². The van der Waals surface area contributed by atoms with Crippen molar-refractivity contribution < 1.29 is 9.47 Å². The van der Waals surface area contributed by atoms with Crippen LogP contribution < -0.4 is 4.74 Å². The molecule has 1 saturated heterocycles. The molecule has 0 amide bonds. The summed E-state index contributed by atoms with van der Waals surface area (Å²) in [6.07, 6.45) is 8.52. The minimum absolute atomic E-state index is 0.0865. The van der Waals surface area contributed by atoms with Crippen LogP contribution in [0.1, 0.15) is 65.0 Å². The van der Waals surface area contributed by atoms with Crippen molar-refractivity contribution in [3.8, 4) is 5.75 Å². The number of rotatable bonds is 4. The number of hydrogen-bond donors (Lipinski definition) is 0. The van der Waals surface area contributed by atoms with Crippen LogP contribution in [-0.4, -0.2) is 11.2 Å². The van der Waals surface area contributed by atoms with E-state index in [4.69, 9.17) is 9.47 Å². The van der Waals surface area contributed by atoms with Gasteiger partial charge in [-0.2, -0.15) is 0 Å². The lowest BCUT2D eigenvalue weighted by Crippen LogP contribution is -2.52. The molecular formula is C22H30O2. The van der Waals surface area contributed by atoms with Crippen molar-refractivity contribution in [3.05, 3.63) is 54.1 Å². The molecule has 0 bridgehead atoms. The van der Waals surface area contributed by atoms with E-state index in [1.807, 2.05) is 12.1 Å². The average Bonchev–Trinajstić information content (AvgIpc) is 2.54. The summed E-state index contributed by atoms with van der Waals surface area (Å²) < 4.78 is 13.1. The molecule has 2 nitrogen and oxygen atoms in total. The Morgan fingerprint density at radius 3 is 2.75 bits per heavy atom. The lowest BCUT2D eigenvalue weighted by molar-refractivity contribution is -0.178. The van der Waals surface area contributed by atoms with Crippen LogP contribution in [0.25, 0.3) is 0 Å². The van der Waals surface area contributed by atoms with E-state index in [1.165, 1.54) is 11.1 Å². The number of hydrogen-bond acceptors (Lipinski definition) is 2. The molecule has 2 heteroatoms. The average molecular weight is 326 g/mol. The van der Waals surface area contributed by atoms with Gasteiger partial charge in [0.1, 0.15) is 11.4 Å². The van der Waals surface area contributed by atoms with Gasteiger partial charge in [0.2, 0.25) is 0 Å². The quantitative estimate of drug-likeness (QED) is 0.632. The highest BCUT2D eigenvalue weighted by molar-refractivity contribution is 5.39. The van der Waals surface area contributed by atoms with Crippen LogP contribution in [0.2, 0.25) is 0 Å². The van der Waals surface area contributed by atoms with Gasteiger partial charge in [0.05, 0.1) is 11.7 Å². The van der Waals surface area contributed by atoms with Crippen molar-refractivity contribution in [2.45, 2.75) is 70.7 Å². The molecule has 0 radical (unpaired) electrons. The number of fused-ring (bicyclic) bond motifs is 3. The Morgan fingerprint density at radius 2 is 2.04 bits per heavy atom. The summed E-state index contributed by atoms with van der Waals surface area (Å²) in [5, 5.41) is 0. The van der Waals surface area contributed by atoms with Crippen LogP contribution in [0, 0.1) is 5.92 Å². The molecule has 2 aliphatic rings. The molecule has 1 aromatic rings. The second kappa shape index (κ2) is 6.40. The summed E-state index contributed by atoms with van der Waals surface area (Å²) in [6, 6.07) is 8.35. The first-order valence-electron chi connectivity index (χ1n) is 9.10. The van der Waals surface area contributed by atoms with Gasteiger partial charge in [0.25, 0.3) is 0 Å². The summed E-state index contributed by atoms with van der Waals surface area (Å²) in [5.74, 6) is 1.36. The maximum Gasteiger partial charge on any atom is 0.125 e. The minimum atomic E-state index is -0.244. The standard InChI is InChI=1S/C22H30O2/c1-6-21(4)15-13-18-20(24-21)17-11-7-8-12-19(17)23-22(18,5)14-9-10-16(2)3/h6-8,10-12,18,20H,1,9,13-15H2,2-5H3/t18-,20-,21-,22+/m1/s1. The molecule has 24 heavy (non-hydrogen) atoms. The highest BCUT2D eigenvalue weighted by Gasteiger charge is 2.51. The third-order valence-electron chi connectivity index (χ3n) is 5.69. The van der Waals surface area contributed by atoms with Crippen LogP contribution in [0.5, 0.6) is 5.75 Å². The fourth-order valence-electron chi connectivity index (χ4n) is 4.10. The molecule has 1 aromatic carbocycles. The van der Waals surface area contributed by atoms with Gasteiger partial charge in [0.15, 0.2) is 0 Å². The molecule has 0 spiro atoms. The summed E-state index contributed by atoms with van der Waals surface area (Å²) in [6.45, 7) is 12.7. The summed E-state index contributed by atoms with van der Waals surface area (Å²) in [4.78, 5) is 0. The first-order valence-corrected chi connectivity index (χ1v) is 9.10. The van der Waals surface area contributed by atoms with E-state index in [1.54, 1.807) is 0 Å². The van der Waals surface area contributed by atoms with Gasteiger partial charge in [-0.25, -0.2) is 0 Å². The highest BCUT2D eigenvalue weighted by Crippen LogP contribution is 2.54. The molecular weight excluding hydrogens is 296 g/mol. The Bertz CT molecular complexity index is 643. The fourth-order valence-corrected chi connectivity index (χ4v) is 4.10. The van der Waals surface area contributed by atoms with E-state index >= 15 is 0 Å². The largest absolute Gasteiger partial charge is 0.487 e. The zero-order valence-electron chi connectivity index (χ0n) is 15.5. The second-order valence-corrected chi connectivity index (χ2v) is 7.97. The zero-order chi connectivity index (χ0) is 17.4. The third kappa shape index (κ3) is 3.17.